The van der Waals surface area contributed by atoms with Crippen molar-refractivity contribution in [2.75, 3.05) is 14.2 Å². The minimum Gasteiger partial charge on any atom is -0.495 e. The van der Waals surface area contributed by atoms with E-state index in [0.29, 0.717) is 28.0 Å². The highest BCUT2D eigenvalue weighted by Gasteiger charge is 2.15. The minimum atomic E-state index is -1.05. The molecule has 0 unspecified atom stereocenters. The minimum absolute atomic E-state index is 0.349. The first kappa shape index (κ1) is 18.6. The summed E-state index contributed by atoms with van der Waals surface area (Å²) in [5.74, 6) is 0.298. The second-order valence-corrected chi connectivity index (χ2v) is 5.49. The predicted molar refractivity (Wildman–Crippen MR) is 96.0 cm³/mol. The van der Waals surface area contributed by atoms with Gasteiger partial charge in [0, 0.05) is 6.21 Å². The molecule has 6 nitrogen and oxygen atoms in total. The molecule has 1 atom stereocenters. The van der Waals surface area contributed by atoms with Gasteiger partial charge in [0.1, 0.15) is 5.75 Å². The Kier molecular flexibility index (Phi) is 6.25. The Morgan fingerprint density at radius 3 is 2.40 bits per heavy atom. The van der Waals surface area contributed by atoms with Crippen molar-refractivity contribution in [1.82, 2.24) is 0 Å². The highest BCUT2D eigenvalue weighted by molar-refractivity contribution is 6.32. The summed E-state index contributed by atoms with van der Waals surface area (Å²) >= 11 is 6.07. The van der Waals surface area contributed by atoms with Gasteiger partial charge >= 0.3 is 5.97 Å². The lowest BCUT2D eigenvalue weighted by Crippen LogP contribution is -2.23. The predicted octanol–water partition coefficient (Wildman–Crippen LogP) is 3.96. The number of carboxylic acids is 1. The number of hydrogen-bond acceptors (Lipinski definition) is 5. The zero-order chi connectivity index (χ0) is 18.4. The summed E-state index contributed by atoms with van der Waals surface area (Å²) in [5, 5.41) is 9.40. The number of benzene rings is 2. The lowest BCUT2D eigenvalue weighted by molar-refractivity contribution is -0.144. The summed E-state index contributed by atoms with van der Waals surface area (Å²) in [7, 11) is 3.03. The first-order chi connectivity index (χ1) is 11.9. The Bertz CT molecular complexity index is 791. The fourth-order valence-electron chi connectivity index (χ4n) is 1.99. The van der Waals surface area contributed by atoms with Crippen LogP contribution in [0.5, 0.6) is 17.2 Å². The van der Waals surface area contributed by atoms with Crippen LogP contribution in [0.4, 0.5) is 5.69 Å². The molecular weight excluding hydrogens is 346 g/mol. The van der Waals surface area contributed by atoms with Crippen molar-refractivity contribution in [2.24, 2.45) is 4.99 Å². The van der Waals surface area contributed by atoms with E-state index in [2.05, 4.69) is 4.99 Å². The Morgan fingerprint density at radius 2 is 1.80 bits per heavy atom. The van der Waals surface area contributed by atoms with Crippen LogP contribution >= 0.6 is 11.6 Å². The average molecular weight is 364 g/mol. The lowest BCUT2D eigenvalue weighted by atomic mass is 10.2. The Morgan fingerprint density at radius 1 is 1.12 bits per heavy atom. The highest BCUT2D eigenvalue weighted by Crippen LogP contribution is 2.30. The van der Waals surface area contributed by atoms with Crippen molar-refractivity contribution in [3.8, 4) is 17.2 Å². The van der Waals surface area contributed by atoms with Crippen molar-refractivity contribution in [1.29, 1.82) is 0 Å². The molecule has 0 aliphatic heterocycles. The summed E-state index contributed by atoms with van der Waals surface area (Å²) in [4.78, 5) is 15.2. The molecular formula is C18H18ClNO5. The van der Waals surface area contributed by atoms with Gasteiger partial charge in [-0.25, -0.2) is 4.79 Å². The molecule has 132 valence electrons. The number of hydrogen-bond donors (Lipinski definition) is 1. The molecule has 0 amide bonds. The van der Waals surface area contributed by atoms with E-state index in [1.54, 1.807) is 49.7 Å². The molecule has 0 radical (unpaired) electrons. The van der Waals surface area contributed by atoms with Crippen molar-refractivity contribution >= 4 is 29.5 Å². The van der Waals surface area contributed by atoms with E-state index in [0.717, 1.165) is 5.56 Å². The maximum atomic E-state index is 10.9. The molecule has 0 aliphatic carbocycles. The summed E-state index contributed by atoms with van der Waals surface area (Å²) in [6, 6.07) is 10.3. The van der Waals surface area contributed by atoms with Crippen LogP contribution in [0.25, 0.3) is 0 Å². The van der Waals surface area contributed by atoms with Gasteiger partial charge in [0.2, 0.25) is 0 Å². The summed E-state index contributed by atoms with van der Waals surface area (Å²) in [6.45, 7) is 1.45. The standard InChI is InChI=1S/C18H18ClNO5/c1-11(18(21)22)25-16-6-4-12(8-17(16)24-3)10-20-13-5-7-15(23-2)14(19)9-13/h4-11H,1-3H3,(H,21,22)/t11-/m0/s1. The number of halogens is 1. The Labute approximate surface area is 150 Å². The smallest absolute Gasteiger partial charge is 0.344 e. The van der Waals surface area contributed by atoms with Gasteiger partial charge in [-0.2, -0.15) is 0 Å². The van der Waals surface area contributed by atoms with E-state index in [9.17, 15) is 4.79 Å². The Hall–Kier alpha value is -2.73. The normalized spacial score (nSPS) is 12.0. The number of rotatable bonds is 7. The number of aliphatic imine (C=N–C) groups is 1. The van der Waals surface area contributed by atoms with Crippen molar-refractivity contribution in [2.45, 2.75) is 13.0 Å². The van der Waals surface area contributed by atoms with Crippen LogP contribution in [0, 0.1) is 0 Å². The van der Waals surface area contributed by atoms with Crippen LogP contribution in [0.3, 0.4) is 0 Å². The van der Waals surface area contributed by atoms with Gasteiger partial charge < -0.3 is 19.3 Å². The first-order valence-corrected chi connectivity index (χ1v) is 7.77. The third-order valence-corrected chi connectivity index (χ3v) is 3.63. The van der Waals surface area contributed by atoms with Crippen LogP contribution in [0.1, 0.15) is 12.5 Å². The van der Waals surface area contributed by atoms with E-state index >= 15 is 0 Å². The molecule has 0 saturated carbocycles. The van der Waals surface area contributed by atoms with Gasteiger partial charge in [-0.1, -0.05) is 11.6 Å². The van der Waals surface area contributed by atoms with Crippen molar-refractivity contribution in [3.05, 3.63) is 47.0 Å². The first-order valence-electron chi connectivity index (χ1n) is 7.39. The van der Waals surface area contributed by atoms with Crippen molar-refractivity contribution in [3.63, 3.8) is 0 Å². The molecule has 2 aromatic carbocycles. The molecule has 0 spiro atoms. The quantitative estimate of drug-likeness (QED) is 0.753. The van der Waals surface area contributed by atoms with Gasteiger partial charge in [0.05, 0.1) is 24.9 Å². The molecule has 0 aliphatic rings. The maximum Gasteiger partial charge on any atom is 0.344 e. The summed E-state index contributed by atoms with van der Waals surface area (Å²) < 4.78 is 15.7. The number of carboxylic acid groups (broad SMARTS) is 1. The summed E-state index contributed by atoms with van der Waals surface area (Å²) in [6.07, 6.45) is 0.667. The van der Waals surface area contributed by atoms with Crippen LogP contribution in [0.15, 0.2) is 41.4 Å². The largest absolute Gasteiger partial charge is 0.495 e. The van der Waals surface area contributed by atoms with E-state index in [1.807, 2.05) is 0 Å². The van der Waals surface area contributed by atoms with Crippen LogP contribution in [-0.2, 0) is 4.79 Å². The molecule has 2 aromatic rings. The van der Waals surface area contributed by atoms with Crippen LogP contribution in [-0.4, -0.2) is 37.6 Å². The fourth-order valence-corrected chi connectivity index (χ4v) is 2.24. The molecule has 25 heavy (non-hydrogen) atoms. The van der Waals surface area contributed by atoms with E-state index < -0.39 is 12.1 Å². The third kappa shape index (κ3) is 4.87. The zero-order valence-electron chi connectivity index (χ0n) is 14.0. The van der Waals surface area contributed by atoms with Gasteiger partial charge in [-0.05, 0) is 48.9 Å². The highest BCUT2D eigenvalue weighted by atomic mass is 35.5. The number of nitrogens with zero attached hydrogens (tertiary/aromatic N) is 1. The monoisotopic (exact) mass is 363 g/mol. The number of carbonyl (C=O) groups is 1. The topological polar surface area (TPSA) is 77.4 Å². The summed E-state index contributed by atoms with van der Waals surface area (Å²) in [5.41, 5.74) is 1.43. The fraction of sp³-hybridized carbons (Fsp3) is 0.222. The van der Waals surface area contributed by atoms with Crippen LogP contribution in [0.2, 0.25) is 5.02 Å². The molecule has 0 aromatic heterocycles. The second kappa shape index (κ2) is 8.39. The van der Waals surface area contributed by atoms with Crippen LogP contribution < -0.4 is 14.2 Å². The number of ether oxygens (including phenoxy) is 3. The third-order valence-electron chi connectivity index (χ3n) is 3.34. The lowest BCUT2D eigenvalue weighted by Gasteiger charge is -2.14. The SMILES string of the molecule is COc1ccc(N=Cc2ccc(O[C@@H](C)C(=O)O)c(OC)c2)cc1Cl. The molecule has 0 bridgehead atoms. The zero-order valence-corrected chi connectivity index (χ0v) is 14.8. The molecule has 0 saturated heterocycles. The van der Waals surface area contributed by atoms with Gasteiger partial charge in [0.15, 0.2) is 17.6 Å². The molecule has 0 heterocycles. The average Bonchev–Trinajstić information content (AvgIpc) is 2.60. The van der Waals surface area contributed by atoms with E-state index in [1.165, 1.54) is 14.0 Å². The molecule has 0 fully saturated rings. The van der Waals surface area contributed by atoms with E-state index in [4.69, 9.17) is 30.9 Å². The molecule has 2 rings (SSSR count). The number of aliphatic carboxylic acids is 1. The van der Waals surface area contributed by atoms with Gasteiger partial charge in [-0.15, -0.1) is 0 Å². The second-order valence-electron chi connectivity index (χ2n) is 5.09. The molecule has 1 N–H and O–H groups in total. The van der Waals surface area contributed by atoms with Gasteiger partial charge in [-0.3, -0.25) is 4.99 Å². The van der Waals surface area contributed by atoms with E-state index in [-0.39, 0.29) is 0 Å². The van der Waals surface area contributed by atoms with Gasteiger partial charge in [0.25, 0.3) is 0 Å². The van der Waals surface area contributed by atoms with Crippen molar-refractivity contribution < 1.29 is 24.1 Å². The number of methoxy groups -OCH3 is 2. The Balaban J connectivity index is 2.20. The maximum absolute atomic E-state index is 10.9. The molecule has 7 heteroatoms.